The number of hydrogen-bond acceptors (Lipinski definition) is 4. The van der Waals surface area contributed by atoms with Crippen molar-refractivity contribution in [3.8, 4) is 5.75 Å². The van der Waals surface area contributed by atoms with Crippen molar-refractivity contribution in [2.45, 2.75) is 25.7 Å². The largest absolute Gasteiger partial charge is 0.494 e. The number of hydrogen-bond donors (Lipinski definition) is 1. The molecule has 140 valence electrons. The zero-order valence-corrected chi connectivity index (χ0v) is 16.0. The molecule has 2 aromatic rings. The number of ether oxygens (including phenoxy) is 1. The van der Waals surface area contributed by atoms with E-state index in [1.54, 1.807) is 17.0 Å². The zero-order chi connectivity index (χ0) is 19.2. The molecule has 0 unspecified atom stereocenters. The Morgan fingerprint density at radius 1 is 1.12 bits per heavy atom. The molecule has 0 spiro atoms. The normalized spacial score (nSPS) is 11.2. The van der Waals surface area contributed by atoms with E-state index < -0.39 is 10.0 Å². The van der Waals surface area contributed by atoms with Crippen LogP contribution in [0.4, 0.5) is 5.69 Å². The first-order chi connectivity index (χ1) is 12.3. The number of aryl methyl sites for hydroxylation is 1. The fourth-order valence-electron chi connectivity index (χ4n) is 2.57. The number of carbonyl (C=O) groups excluding carboxylic acids is 1. The molecule has 1 amide bonds. The molecule has 0 fully saturated rings. The second kappa shape index (κ2) is 8.82. The molecule has 0 atom stereocenters. The first kappa shape index (κ1) is 19.9. The SMILES string of the molecule is CCOc1ccc(S(=O)(=O)NCCN(C(C)=O)c2ccccc2C)cc1. The zero-order valence-electron chi connectivity index (χ0n) is 15.2. The minimum Gasteiger partial charge on any atom is -0.494 e. The van der Waals surface area contributed by atoms with Crippen molar-refractivity contribution in [1.82, 2.24) is 4.72 Å². The molecule has 0 aliphatic heterocycles. The third-order valence-electron chi connectivity index (χ3n) is 3.86. The van der Waals surface area contributed by atoms with E-state index in [1.165, 1.54) is 19.1 Å². The first-order valence-electron chi connectivity index (χ1n) is 8.41. The van der Waals surface area contributed by atoms with Crippen LogP contribution in [0.1, 0.15) is 19.4 Å². The molecule has 0 radical (unpaired) electrons. The van der Waals surface area contributed by atoms with Gasteiger partial charge >= 0.3 is 0 Å². The van der Waals surface area contributed by atoms with Gasteiger partial charge in [-0.05, 0) is 49.7 Å². The van der Waals surface area contributed by atoms with Crippen molar-refractivity contribution < 1.29 is 17.9 Å². The van der Waals surface area contributed by atoms with Crippen LogP contribution in [0, 0.1) is 6.92 Å². The van der Waals surface area contributed by atoms with Crippen molar-refractivity contribution in [1.29, 1.82) is 0 Å². The summed E-state index contributed by atoms with van der Waals surface area (Å²) in [6.45, 7) is 6.12. The fraction of sp³-hybridized carbons (Fsp3) is 0.316. The number of nitrogens with one attached hydrogen (secondary N) is 1. The lowest BCUT2D eigenvalue weighted by atomic mass is 10.2. The molecule has 0 aromatic heterocycles. The number of nitrogens with zero attached hydrogens (tertiary/aromatic N) is 1. The molecule has 0 bridgehead atoms. The summed E-state index contributed by atoms with van der Waals surface area (Å²) < 4.78 is 32.7. The van der Waals surface area contributed by atoms with Crippen LogP contribution >= 0.6 is 0 Å². The number of amides is 1. The van der Waals surface area contributed by atoms with Crippen molar-refractivity contribution in [2.75, 3.05) is 24.6 Å². The van der Waals surface area contributed by atoms with Gasteiger partial charge in [0, 0.05) is 25.7 Å². The Balaban J connectivity index is 2.04. The number of rotatable bonds is 8. The molecular weight excluding hydrogens is 352 g/mol. The summed E-state index contributed by atoms with van der Waals surface area (Å²) in [5, 5.41) is 0. The van der Waals surface area contributed by atoms with Gasteiger partial charge in [0.1, 0.15) is 5.75 Å². The summed E-state index contributed by atoms with van der Waals surface area (Å²) >= 11 is 0. The lowest BCUT2D eigenvalue weighted by Crippen LogP contribution is -2.37. The first-order valence-corrected chi connectivity index (χ1v) is 9.89. The number of sulfonamides is 1. The summed E-state index contributed by atoms with van der Waals surface area (Å²) in [6, 6.07) is 13.7. The maximum atomic E-state index is 12.4. The van der Waals surface area contributed by atoms with E-state index in [9.17, 15) is 13.2 Å². The predicted octanol–water partition coefficient (Wildman–Crippen LogP) is 2.73. The summed E-state index contributed by atoms with van der Waals surface area (Å²) in [6.07, 6.45) is 0. The minimum absolute atomic E-state index is 0.115. The molecule has 6 nitrogen and oxygen atoms in total. The van der Waals surface area contributed by atoms with E-state index in [0.29, 0.717) is 12.4 Å². The fourth-order valence-corrected chi connectivity index (χ4v) is 3.59. The molecule has 7 heteroatoms. The minimum atomic E-state index is -3.65. The average molecular weight is 376 g/mol. The Morgan fingerprint density at radius 3 is 2.35 bits per heavy atom. The molecule has 26 heavy (non-hydrogen) atoms. The third-order valence-corrected chi connectivity index (χ3v) is 5.34. The third kappa shape index (κ3) is 5.06. The smallest absolute Gasteiger partial charge is 0.240 e. The number of carbonyl (C=O) groups is 1. The van der Waals surface area contributed by atoms with Gasteiger partial charge in [-0.3, -0.25) is 4.79 Å². The van der Waals surface area contributed by atoms with Crippen LogP contribution in [-0.4, -0.2) is 34.0 Å². The molecule has 1 N–H and O–H groups in total. The monoisotopic (exact) mass is 376 g/mol. The quantitative estimate of drug-likeness (QED) is 0.769. The summed E-state index contributed by atoms with van der Waals surface area (Å²) in [7, 11) is -3.65. The molecule has 0 saturated heterocycles. The molecule has 0 saturated carbocycles. The Labute approximate surface area is 154 Å². The van der Waals surface area contributed by atoms with Crippen LogP contribution in [0.3, 0.4) is 0 Å². The summed E-state index contributed by atoms with van der Waals surface area (Å²) in [5.41, 5.74) is 1.73. The van der Waals surface area contributed by atoms with Gasteiger partial charge in [0.2, 0.25) is 15.9 Å². The van der Waals surface area contributed by atoms with E-state index in [0.717, 1.165) is 11.3 Å². The lowest BCUT2D eigenvalue weighted by Gasteiger charge is -2.23. The molecular formula is C19H24N2O4S. The van der Waals surface area contributed by atoms with Gasteiger partial charge in [-0.1, -0.05) is 18.2 Å². The maximum absolute atomic E-state index is 12.4. The van der Waals surface area contributed by atoms with Crippen LogP contribution in [0.25, 0.3) is 0 Å². The number of anilines is 1. The second-order valence-corrected chi connectivity index (χ2v) is 7.53. The lowest BCUT2D eigenvalue weighted by molar-refractivity contribution is -0.116. The van der Waals surface area contributed by atoms with Crippen LogP contribution in [0.15, 0.2) is 53.4 Å². The van der Waals surface area contributed by atoms with Crippen LogP contribution in [0.2, 0.25) is 0 Å². The highest BCUT2D eigenvalue weighted by Crippen LogP contribution is 2.19. The maximum Gasteiger partial charge on any atom is 0.240 e. The highest BCUT2D eigenvalue weighted by molar-refractivity contribution is 7.89. The van der Waals surface area contributed by atoms with Gasteiger partial charge in [-0.15, -0.1) is 0 Å². The van der Waals surface area contributed by atoms with E-state index >= 15 is 0 Å². The van der Waals surface area contributed by atoms with Crippen LogP contribution < -0.4 is 14.4 Å². The Kier molecular flexibility index (Phi) is 6.76. The van der Waals surface area contributed by atoms with Gasteiger partial charge in [0.05, 0.1) is 11.5 Å². The molecule has 0 aliphatic rings. The van der Waals surface area contributed by atoms with Crippen LogP contribution in [-0.2, 0) is 14.8 Å². The van der Waals surface area contributed by atoms with Crippen molar-refractivity contribution in [3.05, 3.63) is 54.1 Å². The summed E-state index contributed by atoms with van der Waals surface area (Å²) in [5.74, 6) is 0.480. The predicted molar refractivity (Wildman–Crippen MR) is 102 cm³/mol. The van der Waals surface area contributed by atoms with Gasteiger partial charge in [-0.2, -0.15) is 0 Å². The average Bonchev–Trinajstić information content (AvgIpc) is 2.60. The topological polar surface area (TPSA) is 75.7 Å². The summed E-state index contributed by atoms with van der Waals surface area (Å²) in [4.78, 5) is 13.7. The standard InChI is InChI=1S/C19H24N2O4S/c1-4-25-17-9-11-18(12-10-17)26(23,24)20-13-14-21(16(3)22)19-8-6-5-7-15(19)2/h5-12,20H,4,13-14H2,1-3H3. The Bertz CT molecular complexity index is 848. The van der Waals surface area contributed by atoms with Gasteiger partial charge in [-0.25, -0.2) is 13.1 Å². The van der Waals surface area contributed by atoms with E-state index in [4.69, 9.17) is 4.74 Å². The van der Waals surface area contributed by atoms with Gasteiger partial charge < -0.3 is 9.64 Å². The number of benzene rings is 2. The van der Waals surface area contributed by atoms with Crippen molar-refractivity contribution in [3.63, 3.8) is 0 Å². The van der Waals surface area contributed by atoms with E-state index in [-0.39, 0.29) is 23.9 Å². The highest BCUT2D eigenvalue weighted by atomic mass is 32.2. The van der Waals surface area contributed by atoms with E-state index in [1.807, 2.05) is 38.1 Å². The second-order valence-electron chi connectivity index (χ2n) is 5.76. The molecule has 0 heterocycles. The van der Waals surface area contributed by atoms with Gasteiger partial charge in [0.15, 0.2) is 0 Å². The van der Waals surface area contributed by atoms with Crippen LogP contribution in [0.5, 0.6) is 5.75 Å². The van der Waals surface area contributed by atoms with Gasteiger partial charge in [0.25, 0.3) is 0 Å². The number of para-hydroxylation sites is 1. The highest BCUT2D eigenvalue weighted by Gasteiger charge is 2.17. The molecule has 2 rings (SSSR count). The van der Waals surface area contributed by atoms with Crippen molar-refractivity contribution in [2.24, 2.45) is 0 Å². The Hall–Kier alpha value is -2.38. The Morgan fingerprint density at radius 2 is 1.77 bits per heavy atom. The molecule has 2 aromatic carbocycles. The molecule has 0 aliphatic carbocycles. The van der Waals surface area contributed by atoms with E-state index in [2.05, 4.69) is 4.72 Å². The van der Waals surface area contributed by atoms with Crippen molar-refractivity contribution >= 4 is 21.6 Å².